The third kappa shape index (κ3) is 3.10. The highest BCUT2D eigenvalue weighted by molar-refractivity contribution is 8.00. The van der Waals surface area contributed by atoms with Crippen LogP contribution in [0.4, 0.5) is 13.2 Å². The van der Waals surface area contributed by atoms with Gasteiger partial charge in [-0.05, 0) is 31.2 Å². The highest BCUT2D eigenvalue weighted by atomic mass is 32.2. The number of aromatic nitrogens is 1. The number of amides is 1. The molecule has 1 fully saturated rings. The molecular weight excluding hydrogens is 325 g/mol. The lowest BCUT2D eigenvalue weighted by Gasteiger charge is -2.21. The predicted octanol–water partition coefficient (Wildman–Crippen LogP) is 4.09. The Labute approximate surface area is 136 Å². The van der Waals surface area contributed by atoms with Gasteiger partial charge in [0.2, 0.25) is 5.91 Å². The van der Waals surface area contributed by atoms with E-state index in [0.29, 0.717) is 18.0 Å². The third-order valence-corrected chi connectivity index (χ3v) is 5.04. The van der Waals surface area contributed by atoms with Crippen LogP contribution in [0.2, 0.25) is 0 Å². The van der Waals surface area contributed by atoms with Crippen molar-refractivity contribution in [3.05, 3.63) is 53.9 Å². The molecule has 7 heteroatoms. The van der Waals surface area contributed by atoms with E-state index in [0.717, 1.165) is 17.7 Å². The zero-order valence-electron chi connectivity index (χ0n) is 12.4. The lowest BCUT2D eigenvalue weighted by atomic mass is 10.2. The van der Waals surface area contributed by atoms with Crippen LogP contribution in [-0.2, 0) is 11.0 Å². The average Bonchev–Trinajstić information content (AvgIpc) is 3.12. The summed E-state index contributed by atoms with van der Waals surface area (Å²) in [5.41, 5.74) is 0.689. The van der Waals surface area contributed by atoms with Crippen molar-refractivity contribution in [1.82, 2.24) is 9.47 Å². The standard InChI is InChI=1S/C16H15F3N2OS/c1-2-21-14(22)10-23-15(21)11-6-7-20(9-11)13-5-3-4-12(8-13)16(17,18)19/h3-9,15H,2,10H2,1H3/t15-/m0/s1. The van der Waals surface area contributed by atoms with Crippen LogP contribution < -0.4 is 0 Å². The molecule has 23 heavy (non-hydrogen) atoms. The zero-order chi connectivity index (χ0) is 16.6. The molecule has 0 radical (unpaired) electrons. The van der Waals surface area contributed by atoms with Gasteiger partial charge in [-0.25, -0.2) is 0 Å². The van der Waals surface area contributed by atoms with Gasteiger partial charge in [-0.15, -0.1) is 11.8 Å². The molecule has 0 bridgehead atoms. The summed E-state index contributed by atoms with van der Waals surface area (Å²) in [7, 11) is 0. The Morgan fingerprint density at radius 3 is 2.78 bits per heavy atom. The third-order valence-electron chi connectivity index (χ3n) is 3.78. The molecular formula is C16H15F3N2OS. The molecule has 1 aliphatic heterocycles. The normalized spacial score (nSPS) is 18.7. The Kier molecular flexibility index (Phi) is 4.14. The Hall–Kier alpha value is -1.89. The SMILES string of the molecule is CCN1C(=O)CS[C@H]1c1ccn(-c2cccc(C(F)(F)F)c2)c1. The van der Waals surface area contributed by atoms with Gasteiger partial charge in [0, 0.05) is 30.2 Å². The molecule has 0 saturated carbocycles. The van der Waals surface area contributed by atoms with Gasteiger partial charge in [-0.3, -0.25) is 4.79 Å². The van der Waals surface area contributed by atoms with Crippen LogP contribution in [0.1, 0.15) is 23.4 Å². The predicted molar refractivity (Wildman–Crippen MR) is 83.4 cm³/mol. The van der Waals surface area contributed by atoms with Crippen LogP contribution in [0, 0.1) is 0 Å². The maximum atomic E-state index is 12.8. The maximum Gasteiger partial charge on any atom is 0.416 e. The van der Waals surface area contributed by atoms with Crippen molar-refractivity contribution in [2.24, 2.45) is 0 Å². The Morgan fingerprint density at radius 2 is 2.09 bits per heavy atom. The highest BCUT2D eigenvalue weighted by Crippen LogP contribution is 2.39. The van der Waals surface area contributed by atoms with Crippen LogP contribution in [0.25, 0.3) is 5.69 Å². The second-order valence-electron chi connectivity index (χ2n) is 5.24. The summed E-state index contributed by atoms with van der Waals surface area (Å²) in [5, 5.41) is -0.0699. The number of nitrogens with zero attached hydrogens (tertiary/aromatic N) is 2. The molecule has 3 rings (SSSR count). The van der Waals surface area contributed by atoms with E-state index in [1.807, 2.05) is 13.0 Å². The van der Waals surface area contributed by atoms with Gasteiger partial charge in [0.25, 0.3) is 0 Å². The van der Waals surface area contributed by atoms with Crippen molar-refractivity contribution in [2.75, 3.05) is 12.3 Å². The van der Waals surface area contributed by atoms with Crippen molar-refractivity contribution in [3.63, 3.8) is 0 Å². The molecule has 122 valence electrons. The van der Waals surface area contributed by atoms with Crippen molar-refractivity contribution >= 4 is 17.7 Å². The van der Waals surface area contributed by atoms with E-state index < -0.39 is 11.7 Å². The fourth-order valence-electron chi connectivity index (χ4n) is 2.63. The quantitative estimate of drug-likeness (QED) is 0.841. The minimum Gasteiger partial charge on any atom is -0.326 e. The summed E-state index contributed by atoms with van der Waals surface area (Å²) >= 11 is 1.54. The highest BCUT2D eigenvalue weighted by Gasteiger charge is 2.32. The molecule has 0 aliphatic carbocycles. The number of alkyl halides is 3. The lowest BCUT2D eigenvalue weighted by molar-refractivity contribution is -0.137. The van der Waals surface area contributed by atoms with E-state index in [9.17, 15) is 18.0 Å². The molecule has 1 aromatic heterocycles. The summed E-state index contributed by atoms with van der Waals surface area (Å²) in [6, 6.07) is 7.04. The first kappa shape index (κ1) is 16.0. The van der Waals surface area contributed by atoms with E-state index >= 15 is 0 Å². The maximum absolute atomic E-state index is 12.8. The van der Waals surface area contributed by atoms with Crippen LogP contribution in [0.3, 0.4) is 0 Å². The van der Waals surface area contributed by atoms with Crippen LogP contribution >= 0.6 is 11.8 Å². The van der Waals surface area contributed by atoms with Crippen molar-refractivity contribution < 1.29 is 18.0 Å². The van der Waals surface area contributed by atoms with E-state index in [1.165, 1.54) is 17.8 Å². The first-order valence-electron chi connectivity index (χ1n) is 7.16. The number of carbonyl (C=O) groups excluding carboxylic acids is 1. The van der Waals surface area contributed by atoms with Crippen LogP contribution in [0.5, 0.6) is 0 Å². The van der Waals surface area contributed by atoms with Gasteiger partial charge in [0.1, 0.15) is 5.37 Å². The zero-order valence-corrected chi connectivity index (χ0v) is 13.2. The van der Waals surface area contributed by atoms with E-state index in [1.54, 1.807) is 27.9 Å². The molecule has 1 saturated heterocycles. The van der Waals surface area contributed by atoms with Crippen molar-refractivity contribution in [3.8, 4) is 5.69 Å². The second kappa shape index (κ2) is 5.96. The van der Waals surface area contributed by atoms with Crippen molar-refractivity contribution in [1.29, 1.82) is 0 Å². The lowest BCUT2D eigenvalue weighted by Crippen LogP contribution is -2.27. The topological polar surface area (TPSA) is 25.2 Å². The minimum absolute atomic E-state index is 0.0699. The monoisotopic (exact) mass is 340 g/mol. The Balaban J connectivity index is 1.89. The fraction of sp³-hybridized carbons (Fsp3) is 0.312. The van der Waals surface area contributed by atoms with Crippen LogP contribution in [0.15, 0.2) is 42.7 Å². The van der Waals surface area contributed by atoms with Gasteiger partial charge in [0.05, 0.1) is 11.3 Å². The Morgan fingerprint density at radius 1 is 1.30 bits per heavy atom. The first-order valence-corrected chi connectivity index (χ1v) is 8.21. The molecule has 0 N–H and O–H groups in total. The molecule has 1 amide bonds. The number of hydrogen-bond acceptors (Lipinski definition) is 2. The molecule has 1 atom stereocenters. The fourth-order valence-corrected chi connectivity index (χ4v) is 3.88. The van der Waals surface area contributed by atoms with Crippen LogP contribution in [-0.4, -0.2) is 27.7 Å². The summed E-state index contributed by atoms with van der Waals surface area (Å²) in [6.07, 6.45) is -0.852. The summed E-state index contributed by atoms with van der Waals surface area (Å²) < 4.78 is 40.1. The molecule has 1 aromatic carbocycles. The van der Waals surface area contributed by atoms with Gasteiger partial charge in [-0.2, -0.15) is 13.2 Å². The molecule has 3 nitrogen and oxygen atoms in total. The number of halogens is 3. The average molecular weight is 340 g/mol. The minimum atomic E-state index is -4.36. The molecule has 2 aromatic rings. The van der Waals surface area contributed by atoms with Gasteiger partial charge in [0.15, 0.2) is 0 Å². The van der Waals surface area contributed by atoms with E-state index in [-0.39, 0.29) is 11.3 Å². The molecule has 0 spiro atoms. The number of carbonyl (C=O) groups is 1. The summed E-state index contributed by atoms with van der Waals surface area (Å²) in [5.74, 6) is 0.530. The van der Waals surface area contributed by atoms with E-state index in [2.05, 4.69) is 0 Å². The second-order valence-corrected chi connectivity index (χ2v) is 6.31. The Bertz CT molecular complexity index is 726. The van der Waals surface area contributed by atoms with Gasteiger partial charge < -0.3 is 9.47 Å². The summed E-state index contributed by atoms with van der Waals surface area (Å²) in [6.45, 7) is 2.53. The molecule has 0 unspecified atom stereocenters. The number of rotatable bonds is 3. The number of benzene rings is 1. The molecule has 2 heterocycles. The van der Waals surface area contributed by atoms with Gasteiger partial charge >= 0.3 is 6.18 Å². The van der Waals surface area contributed by atoms with E-state index in [4.69, 9.17) is 0 Å². The molecule has 1 aliphatic rings. The van der Waals surface area contributed by atoms with Gasteiger partial charge in [-0.1, -0.05) is 6.07 Å². The van der Waals surface area contributed by atoms with Crippen molar-refractivity contribution in [2.45, 2.75) is 18.5 Å². The largest absolute Gasteiger partial charge is 0.416 e. The number of thioether (sulfide) groups is 1. The smallest absolute Gasteiger partial charge is 0.326 e. The summed E-state index contributed by atoms with van der Waals surface area (Å²) in [4.78, 5) is 13.6. The number of hydrogen-bond donors (Lipinski definition) is 0. The first-order chi connectivity index (χ1) is 10.9.